The molecule has 0 saturated heterocycles. The van der Waals surface area contributed by atoms with Gasteiger partial charge in [-0.1, -0.05) is 66.4 Å². The first-order valence-electron chi connectivity index (χ1n) is 10.6. The number of nitrogens with zero attached hydrogens (tertiary/aromatic N) is 6. The van der Waals surface area contributed by atoms with E-state index >= 15 is 0 Å². The summed E-state index contributed by atoms with van der Waals surface area (Å²) in [7, 11) is 0. The van der Waals surface area contributed by atoms with E-state index in [1.807, 2.05) is 60.7 Å². The van der Waals surface area contributed by atoms with E-state index in [2.05, 4.69) is 5.10 Å². The fourth-order valence-electron chi connectivity index (χ4n) is 3.82. The van der Waals surface area contributed by atoms with E-state index < -0.39 is 0 Å². The highest BCUT2D eigenvalue weighted by atomic mass is 32.2. The second-order valence-electron chi connectivity index (χ2n) is 7.63. The SMILES string of the molecule is O=c1c2c(SCc3ccccc3)nn(-c3ccccc3)c2nc2n(-c3cccc(F)c3)cnn12. The first-order chi connectivity index (χ1) is 16.7. The zero-order valence-electron chi connectivity index (χ0n) is 17.7. The van der Waals surface area contributed by atoms with Gasteiger partial charge in [-0.15, -0.1) is 0 Å². The van der Waals surface area contributed by atoms with Crippen LogP contribution in [-0.4, -0.2) is 28.9 Å². The first-order valence-corrected chi connectivity index (χ1v) is 11.5. The van der Waals surface area contributed by atoms with Crippen LogP contribution in [0.2, 0.25) is 0 Å². The van der Waals surface area contributed by atoms with Crippen molar-refractivity contribution in [3.05, 3.63) is 113 Å². The van der Waals surface area contributed by atoms with Crippen LogP contribution in [0.4, 0.5) is 4.39 Å². The molecule has 0 bridgehead atoms. The Bertz CT molecular complexity index is 1690. The van der Waals surface area contributed by atoms with Gasteiger partial charge in [0.2, 0.25) is 5.78 Å². The molecule has 34 heavy (non-hydrogen) atoms. The van der Waals surface area contributed by atoms with E-state index in [0.29, 0.717) is 27.5 Å². The van der Waals surface area contributed by atoms with E-state index in [1.165, 1.54) is 34.7 Å². The minimum Gasteiger partial charge on any atom is -0.267 e. The summed E-state index contributed by atoms with van der Waals surface area (Å²) in [5, 5.41) is 9.99. The van der Waals surface area contributed by atoms with Gasteiger partial charge in [-0.05, 0) is 35.9 Å². The van der Waals surface area contributed by atoms with Gasteiger partial charge in [-0.3, -0.25) is 9.36 Å². The van der Waals surface area contributed by atoms with E-state index in [9.17, 15) is 9.18 Å². The Morgan fingerprint density at radius 3 is 2.38 bits per heavy atom. The van der Waals surface area contributed by atoms with Crippen LogP contribution in [-0.2, 0) is 5.75 Å². The fraction of sp³-hybridized carbons (Fsp3) is 0.0400. The maximum atomic E-state index is 13.9. The molecule has 0 aliphatic heterocycles. The first kappa shape index (κ1) is 20.4. The lowest BCUT2D eigenvalue weighted by Crippen LogP contribution is -2.17. The molecule has 7 nitrogen and oxygen atoms in total. The van der Waals surface area contributed by atoms with Gasteiger partial charge in [-0.2, -0.15) is 19.7 Å². The number of halogens is 1. The van der Waals surface area contributed by atoms with Gasteiger partial charge in [0.05, 0.1) is 11.4 Å². The molecule has 0 atom stereocenters. The molecule has 0 fully saturated rings. The van der Waals surface area contributed by atoms with Crippen molar-refractivity contribution in [3.8, 4) is 11.4 Å². The normalized spacial score (nSPS) is 11.4. The van der Waals surface area contributed by atoms with Gasteiger partial charge in [0.1, 0.15) is 22.6 Å². The Balaban J connectivity index is 1.58. The molecule has 0 radical (unpaired) electrons. The van der Waals surface area contributed by atoms with Crippen LogP contribution >= 0.6 is 11.8 Å². The molecular formula is C25H17FN6OS. The zero-order valence-corrected chi connectivity index (χ0v) is 18.6. The Morgan fingerprint density at radius 1 is 0.882 bits per heavy atom. The largest absolute Gasteiger partial charge is 0.288 e. The molecule has 0 aliphatic rings. The van der Waals surface area contributed by atoms with Crippen LogP contribution in [0.5, 0.6) is 0 Å². The number of rotatable bonds is 5. The quantitative estimate of drug-likeness (QED) is 0.345. The number of aromatic nitrogens is 6. The molecule has 0 N–H and O–H groups in total. The topological polar surface area (TPSA) is 70.0 Å². The molecule has 6 aromatic rings. The van der Waals surface area contributed by atoms with Gasteiger partial charge in [-0.25, -0.2) is 9.07 Å². The molecule has 3 aromatic carbocycles. The molecule has 6 rings (SSSR count). The lowest BCUT2D eigenvalue weighted by molar-refractivity contribution is 0.626. The van der Waals surface area contributed by atoms with Crippen molar-refractivity contribution >= 4 is 28.6 Å². The average Bonchev–Trinajstić information content (AvgIpc) is 3.46. The highest BCUT2D eigenvalue weighted by Crippen LogP contribution is 2.29. The molecule has 9 heteroatoms. The molecule has 0 unspecified atom stereocenters. The molecule has 3 aromatic heterocycles. The fourth-order valence-corrected chi connectivity index (χ4v) is 4.78. The van der Waals surface area contributed by atoms with Crippen LogP contribution in [0, 0.1) is 5.82 Å². The van der Waals surface area contributed by atoms with E-state index in [4.69, 9.17) is 10.1 Å². The molecular weight excluding hydrogens is 451 g/mol. The Kier molecular flexibility index (Phi) is 4.96. The zero-order chi connectivity index (χ0) is 23.1. The van der Waals surface area contributed by atoms with Crippen molar-refractivity contribution in [1.82, 2.24) is 28.9 Å². The summed E-state index contributed by atoms with van der Waals surface area (Å²) >= 11 is 1.48. The van der Waals surface area contributed by atoms with Gasteiger partial charge in [0.25, 0.3) is 5.56 Å². The van der Waals surface area contributed by atoms with Crippen molar-refractivity contribution in [2.24, 2.45) is 0 Å². The maximum absolute atomic E-state index is 13.9. The van der Waals surface area contributed by atoms with E-state index in [1.54, 1.807) is 21.4 Å². The molecule has 0 spiro atoms. The number of thioether (sulfide) groups is 1. The number of benzene rings is 3. The van der Waals surface area contributed by atoms with Gasteiger partial charge >= 0.3 is 0 Å². The summed E-state index contributed by atoms with van der Waals surface area (Å²) < 4.78 is 18.4. The Labute approximate surface area is 197 Å². The highest BCUT2D eigenvalue weighted by molar-refractivity contribution is 7.98. The maximum Gasteiger partial charge on any atom is 0.288 e. The number of fused-ring (bicyclic) bond motifs is 2. The van der Waals surface area contributed by atoms with Crippen molar-refractivity contribution < 1.29 is 4.39 Å². The third-order valence-electron chi connectivity index (χ3n) is 5.43. The lowest BCUT2D eigenvalue weighted by atomic mass is 10.2. The van der Waals surface area contributed by atoms with Crippen LogP contribution < -0.4 is 5.56 Å². The molecule has 0 aliphatic carbocycles. The van der Waals surface area contributed by atoms with E-state index in [-0.39, 0.29) is 17.2 Å². The van der Waals surface area contributed by atoms with Crippen molar-refractivity contribution in [3.63, 3.8) is 0 Å². The highest BCUT2D eigenvalue weighted by Gasteiger charge is 2.21. The molecule has 0 amide bonds. The smallest absolute Gasteiger partial charge is 0.267 e. The van der Waals surface area contributed by atoms with Crippen molar-refractivity contribution in [1.29, 1.82) is 0 Å². The minimum atomic E-state index is -0.387. The van der Waals surface area contributed by atoms with E-state index in [0.717, 1.165) is 11.3 Å². The lowest BCUT2D eigenvalue weighted by Gasteiger charge is -2.05. The summed E-state index contributed by atoms with van der Waals surface area (Å²) in [5.41, 5.74) is 2.52. The third kappa shape index (κ3) is 3.46. The van der Waals surface area contributed by atoms with Gasteiger partial charge in [0, 0.05) is 5.75 Å². The van der Waals surface area contributed by atoms with Crippen molar-refractivity contribution in [2.75, 3.05) is 0 Å². The predicted molar refractivity (Wildman–Crippen MR) is 129 cm³/mol. The third-order valence-corrected chi connectivity index (χ3v) is 6.47. The molecule has 166 valence electrons. The van der Waals surface area contributed by atoms with Crippen LogP contribution in [0.15, 0.2) is 101 Å². The predicted octanol–water partition coefficient (Wildman–Crippen LogP) is 4.65. The molecule has 3 heterocycles. The van der Waals surface area contributed by atoms with Gasteiger partial charge in [0.15, 0.2) is 5.65 Å². The summed E-state index contributed by atoms with van der Waals surface area (Å²) in [6, 6.07) is 25.6. The minimum absolute atomic E-state index is 0.278. The van der Waals surface area contributed by atoms with Gasteiger partial charge < -0.3 is 0 Å². The second-order valence-corrected chi connectivity index (χ2v) is 8.60. The number of para-hydroxylation sites is 1. The number of hydrogen-bond donors (Lipinski definition) is 0. The Morgan fingerprint density at radius 2 is 1.62 bits per heavy atom. The summed E-state index contributed by atoms with van der Waals surface area (Å²) in [6.07, 6.45) is 1.47. The van der Waals surface area contributed by atoms with Crippen LogP contribution in [0.1, 0.15) is 5.56 Å². The molecule has 0 saturated carbocycles. The van der Waals surface area contributed by atoms with Crippen LogP contribution in [0.3, 0.4) is 0 Å². The summed E-state index contributed by atoms with van der Waals surface area (Å²) in [5.74, 6) is 0.545. The summed E-state index contributed by atoms with van der Waals surface area (Å²) in [4.78, 5) is 18.4. The standard InChI is InChI=1S/C25H17FN6OS/c26-18-10-7-13-20(14-18)30-16-27-32-24(33)21-22(28-25(30)32)31(19-11-5-2-6-12-19)29-23(21)34-15-17-8-3-1-4-9-17/h1-14,16H,15H2. The monoisotopic (exact) mass is 468 g/mol. The Hall–Kier alpha value is -4.24. The second kappa shape index (κ2) is 8.27. The summed E-state index contributed by atoms with van der Waals surface area (Å²) in [6.45, 7) is 0. The van der Waals surface area contributed by atoms with Crippen molar-refractivity contribution in [2.45, 2.75) is 10.8 Å². The average molecular weight is 469 g/mol. The van der Waals surface area contributed by atoms with Crippen LogP contribution in [0.25, 0.3) is 28.2 Å². The number of hydrogen-bond acceptors (Lipinski definition) is 5.